The highest BCUT2D eigenvalue weighted by molar-refractivity contribution is 5.62. The molecule has 0 saturated heterocycles. The third-order valence-corrected chi connectivity index (χ3v) is 2.80. The van der Waals surface area contributed by atoms with Gasteiger partial charge in [-0.05, 0) is 31.5 Å². The van der Waals surface area contributed by atoms with Gasteiger partial charge in [-0.1, -0.05) is 12.1 Å². The Bertz CT molecular complexity index is 552. The Hall–Kier alpha value is -2.28. The Morgan fingerprint density at radius 2 is 2.28 bits per heavy atom. The van der Waals surface area contributed by atoms with Crippen LogP contribution in [0.25, 0.3) is 0 Å². The fourth-order valence-corrected chi connectivity index (χ4v) is 1.93. The van der Waals surface area contributed by atoms with Gasteiger partial charge in [0.15, 0.2) is 0 Å². The lowest BCUT2D eigenvalue weighted by Gasteiger charge is -2.18. The number of aromatic nitrogens is 2. The number of hydrogen-bond donors (Lipinski definition) is 1. The van der Waals surface area contributed by atoms with Crippen LogP contribution in [-0.4, -0.2) is 15.8 Å². The maximum Gasteiger partial charge on any atom is 0.101 e. The molecule has 1 aromatic carbocycles. The first-order valence-electron chi connectivity index (χ1n) is 5.94. The van der Waals surface area contributed by atoms with Crippen molar-refractivity contribution in [3.05, 3.63) is 47.8 Å². The molecule has 4 heteroatoms. The van der Waals surface area contributed by atoms with Gasteiger partial charge in [0.1, 0.15) is 6.07 Å². The van der Waals surface area contributed by atoms with E-state index in [4.69, 9.17) is 5.26 Å². The normalized spacial score (nSPS) is 11.8. The van der Waals surface area contributed by atoms with E-state index in [-0.39, 0.29) is 6.04 Å². The summed E-state index contributed by atoms with van der Waals surface area (Å²) in [5.41, 5.74) is 2.68. The first-order valence-corrected chi connectivity index (χ1v) is 5.94. The topological polar surface area (TPSA) is 53.6 Å². The van der Waals surface area contributed by atoms with Gasteiger partial charge in [-0.2, -0.15) is 10.4 Å². The monoisotopic (exact) mass is 240 g/mol. The van der Waals surface area contributed by atoms with Gasteiger partial charge in [-0.25, -0.2) is 0 Å². The second kappa shape index (κ2) is 5.37. The Kier molecular flexibility index (Phi) is 3.63. The molecule has 1 aromatic heterocycles. The van der Waals surface area contributed by atoms with Crippen LogP contribution in [0.5, 0.6) is 0 Å². The van der Waals surface area contributed by atoms with E-state index in [9.17, 15) is 0 Å². The lowest BCUT2D eigenvalue weighted by atomic mass is 10.1. The van der Waals surface area contributed by atoms with Gasteiger partial charge in [-0.15, -0.1) is 0 Å². The van der Waals surface area contributed by atoms with Crippen molar-refractivity contribution in [1.29, 1.82) is 5.26 Å². The molecule has 0 spiro atoms. The Balaban J connectivity index is 2.12. The first kappa shape index (κ1) is 12.2. The standard InChI is InChI=1S/C14H16N4/c1-11-5-3-6-13(9-15)14(11)17-12(2)10-18-8-4-7-16-18/h3-8,12,17H,10H2,1-2H3. The number of nitriles is 1. The summed E-state index contributed by atoms with van der Waals surface area (Å²) in [4.78, 5) is 0. The van der Waals surface area contributed by atoms with Gasteiger partial charge in [-0.3, -0.25) is 4.68 Å². The molecule has 92 valence electrons. The predicted molar refractivity (Wildman–Crippen MR) is 71.2 cm³/mol. The maximum absolute atomic E-state index is 9.10. The Morgan fingerprint density at radius 1 is 1.44 bits per heavy atom. The van der Waals surface area contributed by atoms with Gasteiger partial charge in [0.25, 0.3) is 0 Å². The molecule has 0 aliphatic carbocycles. The summed E-state index contributed by atoms with van der Waals surface area (Å²) in [6.07, 6.45) is 3.70. The number of rotatable bonds is 4. The molecule has 1 heterocycles. The SMILES string of the molecule is Cc1cccc(C#N)c1NC(C)Cn1cccn1. The molecule has 1 N–H and O–H groups in total. The van der Waals surface area contributed by atoms with Crippen LogP contribution in [0.15, 0.2) is 36.7 Å². The summed E-state index contributed by atoms with van der Waals surface area (Å²) < 4.78 is 1.88. The van der Waals surface area contributed by atoms with Crippen molar-refractivity contribution in [2.75, 3.05) is 5.32 Å². The van der Waals surface area contributed by atoms with Crippen molar-refractivity contribution >= 4 is 5.69 Å². The highest BCUT2D eigenvalue weighted by Crippen LogP contribution is 2.20. The minimum Gasteiger partial charge on any atom is -0.379 e. The second-order valence-electron chi connectivity index (χ2n) is 4.38. The van der Waals surface area contributed by atoms with Crippen molar-refractivity contribution in [2.24, 2.45) is 0 Å². The second-order valence-corrected chi connectivity index (χ2v) is 4.38. The largest absolute Gasteiger partial charge is 0.379 e. The summed E-state index contributed by atoms with van der Waals surface area (Å²) in [6.45, 7) is 4.85. The van der Waals surface area contributed by atoms with Gasteiger partial charge in [0, 0.05) is 18.4 Å². The Labute approximate surface area is 107 Å². The number of para-hydroxylation sites is 1. The molecule has 1 atom stereocenters. The molecule has 4 nitrogen and oxygen atoms in total. The molecular formula is C14H16N4. The van der Waals surface area contributed by atoms with E-state index < -0.39 is 0 Å². The summed E-state index contributed by atoms with van der Waals surface area (Å²) >= 11 is 0. The lowest BCUT2D eigenvalue weighted by Crippen LogP contribution is -2.23. The fraction of sp³-hybridized carbons (Fsp3) is 0.286. The van der Waals surface area contributed by atoms with Crippen molar-refractivity contribution in [2.45, 2.75) is 26.4 Å². The van der Waals surface area contributed by atoms with Crippen LogP contribution in [0.4, 0.5) is 5.69 Å². The van der Waals surface area contributed by atoms with E-state index in [1.54, 1.807) is 6.20 Å². The van der Waals surface area contributed by atoms with E-state index >= 15 is 0 Å². The summed E-state index contributed by atoms with van der Waals surface area (Å²) in [6, 6.07) is 10.1. The zero-order valence-corrected chi connectivity index (χ0v) is 10.6. The fourth-order valence-electron chi connectivity index (χ4n) is 1.93. The highest BCUT2D eigenvalue weighted by Gasteiger charge is 2.09. The highest BCUT2D eigenvalue weighted by atomic mass is 15.3. The van der Waals surface area contributed by atoms with Crippen molar-refractivity contribution in [1.82, 2.24) is 9.78 Å². The number of hydrogen-bond acceptors (Lipinski definition) is 3. The molecule has 0 saturated carbocycles. The van der Waals surface area contributed by atoms with Crippen LogP contribution < -0.4 is 5.32 Å². The number of anilines is 1. The van der Waals surface area contributed by atoms with Crippen molar-refractivity contribution in [3.8, 4) is 6.07 Å². The van der Waals surface area contributed by atoms with E-state index in [0.717, 1.165) is 17.8 Å². The van der Waals surface area contributed by atoms with Crippen LogP contribution in [0.1, 0.15) is 18.1 Å². The van der Waals surface area contributed by atoms with Crippen LogP contribution >= 0.6 is 0 Å². The molecule has 0 amide bonds. The number of aryl methyl sites for hydroxylation is 1. The molecule has 2 rings (SSSR count). The summed E-state index contributed by atoms with van der Waals surface area (Å²) in [5, 5.41) is 16.7. The molecule has 0 radical (unpaired) electrons. The molecule has 0 aliphatic heterocycles. The minimum atomic E-state index is 0.207. The van der Waals surface area contributed by atoms with E-state index in [1.807, 2.05) is 42.1 Å². The van der Waals surface area contributed by atoms with Crippen molar-refractivity contribution in [3.63, 3.8) is 0 Å². The third kappa shape index (κ3) is 2.69. The van der Waals surface area contributed by atoms with Gasteiger partial charge >= 0.3 is 0 Å². The van der Waals surface area contributed by atoms with E-state index in [1.165, 1.54) is 0 Å². The van der Waals surface area contributed by atoms with Gasteiger partial charge in [0.05, 0.1) is 17.8 Å². The zero-order chi connectivity index (χ0) is 13.0. The molecule has 18 heavy (non-hydrogen) atoms. The minimum absolute atomic E-state index is 0.207. The number of nitrogens with zero attached hydrogens (tertiary/aromatic N) is 3. The first-order chi connectivity index (χ1) is 8.70. The quantitative estimate of drug-likeness (QED) is 0.893. The average molecular weight is 240 g/mol. The summed E-state index contributed by atoms with van der Waals surface area (Å²) in [5.74, 6) is 0. The van der Waals surface area contributed by atoms with Crippen LogP contribution in [0.2, 0.25) is 0 Å². The predicted octanol–water partition coefficient (Wildman–Crippen LogP) is 2.56. The zero-order valence-electron chi connectivity index (χ0n) is 10.6. The average Bonchev–Trinajstić information content (AvgIpc) is 2.84. The van der Waals surface area contributed by atoms with E-state index in [0.29, 0.717) is 5.56 Å². The van der Waals surface area contributed by atoms with Crippen LogP contribution in [-0.2, 0) is 6.54 Å². The van der Waals surface area contributed by atoms with Crippen LogP contribution in [0.3, 0.4) is 0 Å². The lowest BCUT2D eigenvalue weighted by molar-refractivity contribution is 0.560. The molecule has 0 fully saturated rings. The molecular weight excluding hydrogens is 224 g/mol. The number of nitrogens with one attached hydrogen (secondary N) is 1. The maximum atomic E-state index is 9.10. The third-order valence-electron chi connectivity index (χ3n) is 2.80. The van der Waals surface area contributed by atoms with Crippen LogP contribution in [0, 0.1) is 18.3 Å². The smallest absolute Gasteiger partial charge is 0.101 e. The Morgan fingerprint density at radius 3 is 2.94 bits per heavy atom. The number of benzene rings is 1. The molecule has 0 bridgehead atoms. The molecule has 1 unspecified atom stereocenters. The molecule has 2 aromatic rings. The van der Waals surface area contributed by atoms with Gasteiger partial charge in [0.2, 0.25) is 0 Å². The van der Waals surface area contributed by atoms with Crippen molar-refractivity contribution < 1.29 is 0 Å². The van der Waals surface area contributed by atoms with E-state index in [2.05, 4.69) is 23.4 Å². The van der Waals surface area contributed by atoms with Gasteiger partial charge < -0.3 is 5.32 Å². The molecule has 0 aliphatic rings. The summed E-state index contributed by atoms with van der Waals surface area (Å²) in [7, 11) is 0.